The zero-order valence-corrected chi connectivity index (χ0v) is 24.3. The summed E-state index contributed by atoms with van der Waals surface area (Å²) < 4.78 is 3.55. The van der Waals surface area contributed by atoms with Crippen LogP contribution < -0.4 is 0 Å². The fourth-order valence-corrected chi connectivity index (χ4v) is 9.58. The fraction of sp³-hybridized carbons (Fsp3) is 0.333. The van der Waals surface area contributed by atoms with E-state index in [-0.39, 0.29) is 35.6 Å². The Morgan fingerprint density at radius 3 is 1.33 bits per heavy atom. The van der Waals surface area contributed by atoms with Crippen LogP contribution in [0.25, 0.3) is 0 Å². The van der Waals surface area contributed by atoms with Gasteiger partial charge >= 0.3 is 201 Å². The van der Waals surface area contributed by atoms with Crippen molar-refractivity contribution in [2.24, 2.45) is 0 Å². The van der Waals surface area contributed by atoms with Gasteiger partial charge in [-0.05, 0) is 0 Å². The summed E-state index contributed by atoms with van der Waals surface area (Å²) in [6.45, 7) is 9.60. The van der Waals surface area contributed by atoms with Crippen LogP contribution in [0.1, 0.15) is 64.5 Å². The maximum absolute atomic E-state index is 2.45. The van der Waals surface area contributed by atoms with Gasteiger partial charge in [0.05, 0.1) is 0 Å². The van der Waals surface area contributed by atoms with Crippen LogP contribution in [0.2, 0.25) is 0 Å². The van der Waals surface area contributed by atoms with E-state index in [9.17, 15) is 0 Å². The Bertz CT molecular complexity index is 964. The van der Waals surface area contributed by atoms with Crippen molar-refractivity contribution in [1.29, 1.82) is 0 Å². The maximum Gasteiger partial charge on any atom is -0.147 e. The zero-order chi connectivity index (χ0) is 21.9. The zero-order valence-electron chi connectivity index (χ0n) is 20.2. The molecule has 2 atom stereocenters. The molecule has 0 aromatic heterocycles. The Balaban J connectivity index is 0.00000193. The number of allylic oxidation sites excluding steroid dienone is 8. The molecule has 2 aliphatic rings. The van der Waals surface area contributed by atoms with Crippen molar-refractivity contribution >= 4 is 24.8 Å². The molecule has 2 aromatic carbocycles. The third-order valence-corrected chi connectivity index (χ3v) is 11.4. The second-order valence-corrected chi connectivity index (χ2v) is 12.8. The molecule has 0 amide bonds. The van der Waals surface area contributed by atoms with E-state index in [0.29, 0.717) is 0 Å². The molecule has 0 heterocycles. The Labute approximate surface area is 224 Å². The molecule has 2 aromatic rings. The maximum atomic E-state index is 2.45. The van der Waals surface area contributed by atoms with Crippen LogP contribution in [-0.4, -0.2) is 0 Å². The molecule has 2 unspecified atom stereocenters. The summed E-state index contributed by atoms with van der Waals surface area (Å²) in [7, 11) is 0. The van der Waals surface area contributed by atoms with Gasteiger partial charge in [0.15, 0.2) is 0 Å². The molecule has 0 aliphatic heterocycles. The first kappa shape index (κ1) is 28.1. The third-order valence-electron chi connectivity index (χ3n) is 7.59. The molecule has 0 saturated heterocycles. The van der Waals surface area contributed by atoms with Gasteiger partial charge in [-0.3, -0.25) is 0 Å². The van der Waals surface area contributed by atoms with E-state index in [1.54, 1.807) is 17.7 Å². The number of hydrogen-bond donors (Lipinski definition) is 0. The van der Waals surface area contributed by atoms with E-state index < -0.39 is 23.2 Å². The molecule has 0 bridgehead atoms. The molecule has 2 aliphatic carbocycles. The minimum Gasteiger partial charge on any atom is -0.147 e. The molecular formula is C30H36Cl2Zr. The third kappa shape index (κ3) is 5.42. The van der Waals surface area contributed by atoms with E-state index in [4.69, 9.17) is 0 Å². The summed E-state index contributed by atoms with van der Waals surface area (Å²) in [4.78, 5) is 0. The molecule has 0 N–H and O–H groups in total. The van der Waals surface area contributed by atoms with Gasteiger partial charge in [-0.15, -0.1) is 24.8 Å². The average Bonchev–Trinajstić information content (AvgIpc) is 3.50. The molecule has 4 rings (SSSR count). The second-order valence-electron chi connectivity index (χ2n) is 9.23. The van der Waals surface area contributed by atoms with Gasteiger partial charge in [-0.2, -0.15) is 0 Å². The summed E-state index contributed by atoms with van der Waals surface area (Å²) in [5.41, 5.74) is 6.37. The fourth-order valence-electron chi connectivity index (χ4n) is 5.18. The second kappa shape index (κ2) is 12.0. The number of halogens is 2. The summed E-state index contributed by atoms with van der Waals surface area (Å²) in [5, 5.41) is 0. The first-order valence-corrected chi connectivity index (χ1v) is 14.2. The smallest absolute Gasteiger partial charge is 0.147 e. The summed E-state index contributed by atoms with van der Waals surface area (Å²) in [6, 6.07) is 22.3. The van der Waals surface area contributed by atoms with Crippen molar-refractivity contribution in [1.82, 2.24) is 0 Å². The standard InChI is InChI=1S/2C15H17.2ClH.Zr/c2*1-3-15(2,14-11-7-8-12-14)13-9-5-4-6-10-13;;;/h2*4-7,9-11H,3,8H2,1-2H3;2*1H;. The molecule has 0 spiro atoms. The van der Waals surface area contributed by atoms with Crippen molar-refractivity contribution in [3.63, 3.8) is 0 Å². The van der Waals surface area contributed by atoms with Crippen LogP contribution >= 0.6 is 24.8 Å². The first-order chi connectivity index (χ1) is 15.0. The summed E-state index contributed by atoms with van der Waals surface area (Å²) in [5.74, 6) is 0. The van der Waals surface area contributed by atoms with Crippen LogP contribution in [0.15, 0.2) is 103 Å². The van der Waals surface area contributed by atoms with Crippen molar-refractivity contribution in [2.75, 3.05) is 0 Å². The van der Waals surface area contributed by atoms with Crippen LogP contribution in [0.3, 0.4) is 0 Å². The molecule has 0 saturated carbocycles. The van der Waals surface area contributed by atoms with Gasteiger partial charge in [0, 0.05) is 0 Å². The quantitative estimate of drug-likeness (QED) is 0.303. The van der Waals surface area contributed by atoms with Crippen molar-refractivity contribution in [2.45, 2.75) is 64.2 Å². The van der Waals surface area contributed by atoms with Gasteiger partial charge in [-0.1, -0.05) is 0 Å². The van der Waals surface area contributed by atoms with Crippen molar-refractivity contribution in [3.8, 4) is 0 Å². The number of rotatable bonds is 8. The summed E-state index contributed by atoms with van der Waals surface area (Å²) in [6.07, 6.45) is 14.3. The van der Waals surface area contributed by atoms with Crippen LogP contribution in [0.5, 0.6) is 0 Å². The topological polar surface area (TPSA) is 0 Å². The van der Waals surface area contributed by atoms with E-state index >= 15 is 0 Å². The normalized spacial score (nSPS) is 18.4. The minimum absolute atomic E-state index is 0. The predicted octanol–water partition coefficient (Wildman–Crippen LogP) is 9.08. The molecule has 3 heteroatoms. The Morgan fingerprint density at radius 2 is 1.00 bits per heavy atom. The summed E-state index contributed by atoms with van der Waals surface area (Å²) >= 11 is -0.838. The van der Waals surface area contributed by atoms with Gasteiger partial charge in [0.2, 0.25) is 0 Å². The molecule has 33 heavy (non-hydrogen) atoms. The van der Waals surface area contributed by atoms with Crippen molar-refractivity contribution < 1.29 is 23.2 Å². The Hall–Kier alpha value is -1.14. The van der Waals surface area contributed by atoms with Crippen molar-refractivity contribution in [3.05, 3.63) is 114 Å². The molecular weight excluding hydrogens is 522 g/mol. The van der Waals surface area contributed by atoms with E-state index in [0.717, 1.165) is 25.7 Å². The van der Waals surface area contributed by atoms with Crippen LogP contribution in [0, 0.1) is 0 Å². The average molecular weight is 559 g/mol. The van der Waals surface area contributed by atoms with Gasteiger partial charge < -0.3 is 0 Å². The van der Waals surface area contributed by atoms with E-state index in [1.165, 1.54) is 11.1 Å². The van der Waals surface area contributed by atoms with Gasteiger partial charge in [-0.25, -0.2) is 0 Å². The molecule has 0 fully saturated rings. The van der Waals surface area contributed by atoms with E-state index in [1.807, 2.05) is 0 Å². The first-order valence-electron chi connectivity index (χ1n) is 11.7. The molecule has 0 nitrogen and oxygen atoms in total. The number of hydrogen-bond acceptors (Lipinski definition) is 0. The molecule has 174 valence electrons. The van der Waals surface area contributed by atoms with E-state index in [2.05, 4.69) is 113 Å². The monoisotopic (exact) mass is 556 g/mol. The van der Waals surface area contributed by atoms with Crippen LogP contribution in [-0.2, 0) is 34.1 Å². The Morgan fingerprint density at radius 1 is 0.636 bits per heavy atom. The predicted molar refractivity (Wildman–Crippen MR) is 144 cm³/mol. The largest absolute Gasteiger partial charge is 0.147 e. The SMILES string of the molecule is CCC(C)(C1=[C]([Zr][C]2=C(C(C)(CC)c3ccccc3)C=CC2)CC=C1)c1ccccc1.Cl.Cl. The van der Waals surface area contributed by atoms with Crippen LogP contribution in [0.4, 0.5) is 0 Å². The van der Waals surface area contributed by atoms with Gasteiger partial charge in [0.1, 0.15) is 0 Å². The number of benzene rings is 2. The van der Waals surface area contributed by atoms with Gasteiger partial charge in [0.25, 0.3) is 0 Å². The molecule has 0 radical (unpaired) electrons. The minimum atomic E-state index is -0.838. The Kier molecular flexibility index (Phi) is 10.2.